The van der Waals surface area contributed by atoms with Gasteiger partial charge in [0.05, 0.1) is 5.69 Å². The number of hydrogen-bond donors (Lipinski definition) is 1. The van der Waals surface area contributed by atoms with E-state index in [0.717, 1.165) is 25.3 Å². The Morgan fingerprint density at radius 2 is 1.93 bits per heavy atom. The molecule has 1 aliphatic rings. The van der Waals surface area contributed by atoms with Crippen LogP contribution in [-0.2, 0) is 0 Å². The molecule has 2 heterocycles. The second kappa shape index (κ2) is 9.50. The lowest BCUT2D eigenvalue weighted by Crippen LogP contribution is -2.49. The highest BCUT2D eigenvalue weighted by Gasteiger charge is 2.23. The number of carbonyl (C=O) groups excluding carboxylic acids is 1. The predicted octanol–water partition coefficient (Wildman–Crippen LogP) is 2.55. The summed E-state index contributed by atoms with van der Waals surface area (Å²) in [5, 5.41) is 3.27. The van der Waals surface area contributed by atoms with Gasteiger partial charge in [-0.15, -0.1) is 0 Å². The van der Waals surface area contributed by atoms with Crippen molar-refractivity contribution in [2.75, 3.05) is 63.6 Å². The van der Waals surface area contributed by atoms with Crippen LogP contribution in [0.5, 0.6) is 0 Å². The maximum atomic E-state index is 14.0. The van der Waals surface area contributed by atoms with Gasteiger partial charge in [0.2, 0.25) is 0 Å². The molecule has 7 heteroatoms. The highest BCUT2D eigenvalue weighted by atomic mass is 19.1. The molecule has 1 fully saturated rings. The average Bonchev–Trinajstić information content (AvgIpc) is 2.71. The highest BCUT2D eigenvalue weighted by Crippen LogP contribution is 2.21. The van der Waals surface area contributed by atoms with E-state index in [4.69, 9.17) is 0 Å². The summed E-state index contributed by atoms with van der Waals surface area (Å²) in [5.74, 6) is 0.489. The van der Waals surface area contributed by atoms with Gasteiger partial charge in [-0.3, -0.25) is 4.79 Å². The van der Waals surface area contributed by atoms with Crippen molar-refractivity contribution in [1.82, 2.24) is 14.8 Å². The van der Waals surface area contributed by atoms with E-state index in [1.54, 1.807) is 30.5 Å². The van der Waals surface area contributed by atoms with Gasteiger partial charge in [-0.1, -0.05) is 12.1 Å². The third-order valence-corrected chi connectivity index (χ3v) is 4.86. The first-order chi connectivity index (χ1) is 13.5. The molecule has 1 N–H and O–H groups in total. The van der Waals surface area contributed by atoms with Crippen LogP contribution in [0.4, 0.5) is 15.9 Å². The van der Waals surface area contributed by atoms with Crippen molar-refractivity contribution in [1.29, 1.82) is 0 Å². The summed E-state index contributed by atoms with van der Waals surface area (Å²) >= 11 is 0. The maximum Gasteiger partial charge on any atom is 0.254 e. The van der Waals surface area contributed by atoms with E-state index in [1.165, 1.54) is 6.07 Å². The fourth-order valence-corrected chi connectivity index (χ4v) is 3.31. The number of pyridine rings is 1. The van der Waals surface area contributed by atoms with Crippen LogP contribution in [-0.4, -0.2) is 74.1 Å². The SMILES string of the molecule is CN(C)CCCNc1cc(C(=O)N2CCN(c3ccccc3F)CC2)ccn1. The highest BCUT2D eigenvalue weighted by molar-refractivity contribution is 5.95. The normalized spacial score (nSPS) is 14.4. The average molecular weight is 385 g/mol. The van der Waals surface area contributed by atoms with E-state index >= 15 is 0 Å². The first-order valence-corrected chi connectivity index (χ1v) is 9.68. The van der Waals surface area contributed by atoms with Crippen LogP contribution in [0.1, 0.15) is 16.8 Å². The van der Waals surface area contributed by atoms with Crippen molar-refractivity contribution in [2.24, 2.45) is 0 Å². The largest absolute Gasteiger partial charge is 0.370 e. The molecule has 1 saturated heterocycles. The third-order valence-electron chi connectivity index (χ3n) is 4.86. The molecule has 1 aliphatic heterocycles. The lowest BCUT2D eigenvalue weighted by molar-refractivity contribution is 0.0746. The number of rotatable bonds is 7. The Bertz CT molecular complexity index is 790. The number of halogens is 1. The van der Waals surface area contributed by atoms with Crippen LogP contribution in [0.3, 0.4) is 0 Å². The van der Waals surface area contributed by atoms with E-state index < -0.39 is 0 Å². The molecule has 1 aromatic carbocycles. The number of nitrogens with one attached hydrogen (secondary N) is 1. The topological polar surface area (TPSA) is 51.7 Å². The van der Waals surface area contributed by atoms with E-state index in [0.29, 0.717) is 37.4 Å². The molecule has 0 bridgehead atoms. The minimum atomic E-state index is -0.221. The summed E-state index contributed by atoms with van der Waals surface area (Å²) < 4.78 is 14.0. The van der Waals surface area contributed by atoms with Crippen LogP contribution < -0.4 is 10.2 Å². The van der Waals surface area contributed by atoms with Gasteiger partial charge in [0.25, 0.3) is 5.91 Å². The minimum absolute atomic E-state index is 0.00748. The molecule has 0 spiro atoms. The summed E-state index contributed by atoms with van der Waals surface area (Å²) in [4.78, 5) is 23.1. The number of anilines is 2. The summed E-state index contributed by atoms with van der Waals surface area (Å²) in [6.45, 7) is 4.19. The molecule has 0 radical (unpaired) electrons. The number of benzene rings is 1. The Balaban J connectivity index is 1.55. The van der Waals surface area contributed by atoms with Crippen molar-refractivity contribution in [3.8, 4) is 0 Å². The second-order valence-electron chi connectivity index (χ2n) is 7.24. The zero-order valence-corrected chi connectivity index (χ0v) is 16.6. The lowest BCUT2D eigenvalue weighted by atomic mass is 10.2. The first kappa shape index (κ1) is 20.1. The van der Waals surface area contributed by atoms with Crippen molar-refractivity contribution in [3.05, 3.63) is 54.0 Å². The van der Waals surface area contributed by atoms with Crippen molar-refractivity contribution in [3.63, 3.8) is 0 Å². The first-order valence-electron chi connectivity index (χ1n) is 9.68. The van der Waals surface area contributed by atoms with Gasteiger partial charge < -0.3 is 20.0 Å². The zero-order chi connectivity index (χ0) is 19.9. The molecule has 6 nitrogen and oxygen atoms in total. The van der Waals surface area contributed by atoms with Crippen LogP contribution in [0.2, 0.25) is 0 Å². The summed E-state index contributed by atoms with van der Waals surface area (Å²) in [6, 6.07) is 10.3. The molecule has 0 atom stereocenters. The van der Waals surface area contributed by atoms with Crippen molar-refractivity contribution in [2.45, 2.75) is 6.42 Å². The lowest BCUT2D eigenvalue weighted by Gasteiger charge is -2.36. The Hall–Kier alpha value is -2.67. The van der Waals surface area contributed by atoms with Crippen molar-refractivity contribution >= 4 is 17.4 Å². The molecule has 0 aliphatic carbocycles. The Kier molecular flexibility index (Phi) is 6.81. The van der Waals surface area contributed by atoms with Gasteiger partial charge in [0.1, 0.15) is 11.6 Å². The monoisotopic (exact) mass is 385 g/mol. The summed E-state index contributed by atoms with van der Waals surface area (Å²) in [5.41, 5.74) is 1.23. The van der Waals surface area contributed by atoms with Crippen LogP contribution in [0, 0.1) is 5.82 Å². The van der Waals surface area contributed by atoms with Gasteiger partial charge in [-0.25, -0.2) is 9.37 Å². The molecule has 28 heavy (non-hydrogen) atoms. The summed E-state index contributed by atoms with van der Waals surface area (Å²) in [7, 11) is 4.09. The number of hydrogen-bond acceptors (Lipinski definition) is 5. The quantitative estimate of drug-likeness (QED) is 0.743. The Morgan fingerprint density at radius 3 is 2.64 bits per heavy atom. The van der Waals surface area contributed by atoms with E-state index in [1.807, 2.05) is 30.0 Å². The molecular formula is C21H28FN5O. The fraction of sp³-hybridized carbons (Fsp3) is 0.429. The predicted molar refractivity (Wildman–Crippen MR) is 110 cm³/mol. The van der Waals surface area contributed by atoms with Crippen molar-refractivity contribution < 1.29 is 9.18 Å². The number of carbonyl (C=O) groups is 1. The molecule has 1 aromatic heterocycles. The standard InChI is InChI=1S/C21H28FN5O/c1-25(2)11-5-9-23-20-16-17(8-10-24-20)21(28)27-14-12-26(13-15-27)19-7-4-3-6-18(19)22/h3-4,6-8,10,16H,5,9,11-15H2,1-2H3,(H,23,24). The number of aromatic nitrogens is 1. The van der Waals surface area contributed by atoms with Gasteiger partial charge in [0.15, 0.2) is 0 Å². The number of amides is 1. The maximum absolute atomic E-state index is 14.0. The molecule has 150 valence electrons. The molecular weight excluding hydrogens is 357 g/mol. The van der Waals surface area contributed by atoms with Crippen LogP contribution >= 0.6 is 0 Å². The Morgan fingerprint density at radius 1 is 1.18 bits per heavy atom. The molecule has 1 amide bonds. The summed E-state index contributed by atoms with van der Waals surface area (Å²) in [6.07, 6.45) is 2.67. The smallest absolute Gasteiger partial charge is 0.254 e. The third kappa shape index (κ3) is 5.19. The van der Waals surface area contributed by atoms with E-state index in [-0.39, 0.29) is 11.7 Å². The van der Waals surface area contributed by atoms with Gasteiger partial charge in [-0.05, 0) is 51.3 Å². The second-order valence-corrected chi connectivity index (χ2v) is 7.24. The Labute approximate surface area is 166 Å². The number of para-hydroxylation sites is 1. The fourth-order valence-electron chi connectivity index (χ4n) is 3.31. The van der Waals surface area contributed by atoms with E-state index in [9.17, 15) is 9.18 Å². The van der Waals surface area contributed by atoms with Gasteiger partial charge in [-0.2, -0.15) is 0 Å². The van der Waals surface area contributed by atoms with Gasteiger partial charge in [0, 0.05) is 44.5 Å². The zero-order valence-electron chi connectivity index (χ0n) is 16.6. The minimum Gasteiger partial charge on any atom is -0.370 e. The van der Waals surface area contributed by atoms with E-state index in [2.05, 4.69) is 15.2 Å². The molecule has 2 aromatic rings. The van der Waals surface area contributed by atoms with Gasteiger partial charge >= 0.3 is 0 Å². The number of piperazine rings is 1. The van der Waals surface area contributed by atoms with Crippen LogP contribution in [0.15, 0.2) is 42.6 Å². The molecule has 0 unspecified atom stereocenters. The van der Waals surface area contributed by atoms with Crippen LogP contribution in [0.25, 0.3) is 0 Å². The molecule has 3 rings (SSSR count). The molecule has 0 saturated carbocycles. The number of nitrogens with zero attached hydrogens (tertiary/aromatic N) is 4.